The summed E-state index contributed by atoms with van der Waals surface area (Å²) in [6.45, 7) is 3.20. The molecule has 8 heteroatoms. The number of rotatable bonds is 4. The molecule has 2 aromatic rings. The molecular weight excluding hydrogens is 316 g/mol. The van der Waals surface area contributed by atoms with Gasteiger partial charge >= 0.3 is 12.1 Å². The monoisotopic (exact) mass is 336 g/mol. The van der Waals surface area contributed by atoms with Crippen molar-refractivity contribution in [3.63, 3.8) is 0 Å². The Morgan fingerprint density at radius 2 is 2.08 bits per heavy atom. The van der Waals surface area contributed by atoms with Gasteiger partial charge in [0.2, 0.25) is 6.29 Å². The summed E-state index contributed by atoms with van der Waals surface area (Å²) in [5.74, 6) is -0.638. The van der Waals surface area contributed by atoms with Crippen LogP contribution in [0.1, 0.15) is 30.3 Å². The van der Waals surface area contributed by atoms with E-state index in [1.807, 2.05) is 7.05 Å². The summed E-state index contributed by atoms with van der Waals surface area (Å²) in [7, 11) is 2.02. The van der Waals surface area contributed by atoms with Gasteiger partial charge in [0.15, 0.2) is 5.58 Å². The SMILES string of the molecule is CC(OC(=O)OC1CCN(C)CC1)OC(=O)c1cc2occc2[nH]1. The number of hydrogen-bond acceptors (Lipinski definition) is 7. The van der Waals surface area contributed by atoms with E-state index in [0.717, 1.165) is 25.9 Å². The number of fused-ring (bicyclic) bond motifs is 1. The highest BCUT2D eigenvalue weighted by Crippen LogP contribution is 2.17. The van der Waals surface area contributed by atoms with E-state index in [2.05, 4.69) is 9.88 Å². The van der Waals surface area contributed by atoms with Gasteiger partial charge in [-0.15, -0.1) is 0 Å². The van der Waals surface area contributed by atoms with Crippen molar-refractivity contribution in [2.45, 2.75) is 32.2 Å². The fourth-order valence-electron chi connectivity index (χ4n) is 2.60. The second-order valence-electron chi connectivity index (χ2n) is 5.84. The fourth-order valence-corrected chi connectivity index (χ4v) is 2.60. The first-order valence-electron chi connectivity index (χ1n) is 7.84. The predicted molar refractivity (Wildman–Crippen MR) is 83.5 cm³/mol. The van der Waals surface area contributed by atoms with Crippen LogP contribution in [-0.2, 0) is 14.2 Å². The van der Waals surface area contributed by atoms with Crippen molar-refractivity contribution >= 4 is 23.2 Å². The molecule has 1 aliphatic rings. The largest absolute Gasteiger partial charge is 0.511 e. The van der Waals surface area contributed by atoms with E-state index in [0.29, 0.717) is 11.1 Å². The van der Waals surface area contributed by atoms with Crippen molar-refractivity contribution in [1.82, 2.24) is 9.88 Å². The van der Waals surface area contributed by atoms with Gasteiger partial charge in [0.1, 0.15) is 11.8 Å². The van der Waals surface area contributed by atoms with Crippen LogP contribution in [0, 0.1) is 0 Å². The van der Waals surface area contributed by atoms with Crippen LogP contribution in [0.25, 0.3) is 11.1 Å². The maximum Gasteiger partial charge on any atom is 0.511 e. The second kappa shape index (κ2) is 6.96. The molecule has 0 spiro atoms. The number of carbonyl (C=O) groups is 2. The number of nitrogens with one attached hydrogen (secondary N) is 1. The van der Waals surface area contributed by atoms with Crippen LogP contribution in [0.2, 0.25) is 0 Å². The van der Waals surface area contributed by atoms with Gasteiger partial charge in [0.25, 0.3) is 0 Å². The van der Waals surface area contributed by atoms with Gasteiger partial charge < -0.3 is 28.5 Å². The minimum Gasteiger partial charge on any atom is -0.463 e. The number of H-pyrrole nitrogens is 1. The van der Waals surface area contributed by atoms with Crippen molar-refractivity contribution in [1.29, 1.82) is 0 Å². The third kappa shape index (κ3) is 3.88. The van der Waals surface area contributed by atoms with Crippen molar-refractivity contribution < 1.29 is 28.2 Å². The maximum atomic E-state index is 12.0. The highest BCUT2D eigenvalue weighted by molar-refractivity contribution is 5.93. The summed E-state index contributed by atoms with van der Waals surface area (Å²) < 4.78 is 20.4. The number of esters is 1. The van der Waals surface area contributed by atoms with Crippen LogP contribution in [0.3, 0.4) is 0 Å². The molecule has 0 amide bonds. The highest BCUT2D eigenvalue weighted by atomic mass is 16.8. The number of hydrogen-bond donors (Lipinski definition) is 1. The summed E-state index contributed by atoms with van der Waals surface area (Å²) in [6.07, 6.45) is 1.01. The first kappa shape index (κ1) is 16.4. The van der Waals surface area contributed by atoms with Gasteiger partial charge in [-0.1, -0.05) is 0 Å². The molecule has 130 valence electrons. The average molecular weight is 336 g/mol. The summed E-state index contributed by atoms with van der Waals surface area (Å²) in [6, 6.07) is 3.23. The van der Waals surface area contributed by atoms with E-state index in [4.69, 9.17) is 18.6 Å². The lowest BCUT2D eigenvalue weighted by atomic mass is 10.1. The van der Waals surface area contributed by atoms with Gasteiger partial charge in [-0.05, 0) is 19.9 Å². The zero-order valence-electron chi connectivity index (χ0n) is 13.6. The third-order valence-electron chi connectivity index (χ3n) is 3.92. The molecule has 3 heterocycles. The summed E-state index contributed by atoms with van der Waals surface area (Å²) in [5, 5.41) is 0. The Hall–Kier alpha value is -2.48. The number of ether oxygens (including phenoxy) is 3. The van der Waals surface area contributed by atoms with Crippen LogP contribution >= 0.6 is 0 Å². The Labute approximate surface area is 138 Å². The normalized spacial score (nSPS) is 17.6. The van der Waals surface area contributed by atoms with E-state index >= 15 is 0 Å². The number of carbonyl (C=O) groups excluding carboxylic acids is 2. The molecule has 3 rings (SSSR count). The topological polar surface area (TPSA) is 94.0 Å². The van der Waals surface area contributed by atoms with Gasteiger partial charge in [-0.25, -0.2) is 9.59 Å². The van der Waals surface area contributed by atoms with Gasteiger partial charge in [0, 0.05) is 32.1 Å². The molecule has 0 radical (unpaired) electrons. The maximum absolute atomic E-state index is 12.0. The average Bonchev–Trinajstić information content (AvgIpc) is 3.10. The van der Waals surface area contributed by atoms with Crippen LogP contribution in [0.4, 0.5) is 4.79 Å². The molecule has 0 bridgehead atoms. The fraction of sp³-hybridized carbons (Fsp3) is 0.500. The third-order valence-corrected chi connectivity index (χ3v) is 3.92. The Bertz CT molecular complexity index is 685. The Morgan fingerprint density at radius 1 is 1.33 bits per heavy atom. The molecule has 8 nitrogen and oxygen atoms in total. The van der Waals surface area contributed by atoms with Gasteiger partial charge in [-0.2, -0.15) is 0 Å². The predicted octanol–water partition coefficient (Wildman–Crippen LogP) is 2.51. The molecule has 1 atom stereocenters. The highest BCUT2D eigenvalue weighted by Gasteiger charge is 2.23. The number of aromatic amines is 1. The lowest BCUT2D eigenvalue weighted by molar-refractivity contribution is -0.0929. The molecule has 1 fully saturated rings. The smallest absolute Gasteiger partial charge is 0.463 e. The minimum atomic E-state index is -1.05. The molecule has 0 saturated carbocycles. The molecule has 2 aromatic heterocycles. The number of likely N-dealkylation sites (tertiary alicyclic amines) is 1. The Balaban J connectivity index is 1.46. The molecule has 24 heavy (non-hydrogen) atoms. The summed E-state index contributed by atoms with van der Waals surface area (Å²) in [4.78, 5) is 28.8. The zero-order chi connectivity index (χ0) is 17.1. The number of aromatic nitrogens is 1. The molecular formula is C16H20N2O6. The summed E-state index contributed by atoms with van der Waals surface area (Å²) in [5.41, 5.74) is 1.47. The van der Waals surface area contributed by atoms with Crippen LogP contribution in [-0.4, -0.2) is 54.5 Å². The summed E-state index contributed by atoms with van der Waals surface area (Å²) >= 11 is 0. The quantitative estimate of drug-likeness (QED) is 0.677. The van der Waals surface area contributed by atoms with Crippen molar-refractivity contribution in [3.8, 4) is 0 Å². The van der Waals surface area contributed by atoms with Crippen LogP contribution in [0.15, 0.2) is 22.8 Å². The minimum absolute atomic E-state index is 0.160. The molecule has 1 unspecified atom stereocenters. The molecule has 1 aliphatic heterocycles. The molecule has 1 saturated heterocycles. The van der Waals surface area contributed by atoms with E-state index < -0.39 is 18.4 Å². The number of piperidine rings is 1. The first-order chi connectivity index (χ1) is 11.5. The van der Waals surface area contributed by atoms with Crippen molar-refractivity contribution in [2.24, 2.45) is 0 Å². The number of nitrogens with zero attached hydrogens (tertiary/aromatic N) is 1. The van der Waals surface area contributed by atoms with Crippen molar-refractivity contribution in [2.75, 3.05) is 20.1 Å². The Kier molecular flexibility index (Phi) is 4.75. The zero-order valence-corrected chi connectivity index (χ0v) is 13.6. The second-order valence-corrected chi connectivity index (χ2v) is 5.84. The van der Waals surface area contributed by atoms with Gasteiger partial charge in [-0.3, -0.25) is 0 Å². The van der Waals surface area contributed by atoms with Gasteiger partial charge in [0.05, 0.1) is 11.8 Å². The van der Waals surface area contributed by atoms with Crippen LogP contribution in [0.5, 0.6) is 0 Å². The molecule has 0 aliphatic carbocycles. The standard InChI is InChI=1S/C16H20N2O6/c1-10(23-16(20)24-11-3-6-18(2)7-4-11)22-15(19)13-9-14-12(17-13)5-8-21-14/h5,8-11,17H,3-4,6-7H2,1-2H3. The van der Waals surface area contributed by atoms with E-state index in [1.165, 1.54) is 19.3 Å². The van der Waals surface area contributed by atoms with E-state index in [9.17, 15) is 9.59 Å². The van der Waals surface area contributed by atoms with Crippen LogP contribution < -0.4 is 0 Å². The molecule has 1 N–H and O–H groups in total. The molecule has 0 aromatic carbocycles. The Morgan fingerprint density at radius 3 is 2.79 bits per heavy atom. The number of furan rings is 1. The lowest BCUT2D eigenvalue weighted by Crippen LogP contribution is -2.36. The van der Waals surface area contributed by atoms with E-state index in [-0.39, 0.29) is 11.8 Å². The lowest BCUT2D eigenvalue weighted by Gasteiger charge is -2.28. The van der Waals surface area contributed by atoms with Crippen molar-refractivity contribution in [3.05, 3.63) is 24.1 Å². The van der Waals surface area contributed by atoms with E-state index in [1.54, 1.807) is 6.07 Å². The first-order valence-corrected chi connectivity index (χ1v) is 7.84.